The number of carbonyl (C=O) groups is 1. The summed E-state index contributed by atoms with van der Waals surface area (Å²) in [6, 6.07) is 9.26. The summed E-state index contributed by atoms with van der Waals surface area (Å²) < 4.78 is 18.5. The Bertz CT molecular complexity index is 913. The molecule has 0 unspecified atom stereocenters. The summed E-state index contributed by atoms with van der Waals surface area (Å²) in [6.45, 7) is 1.17. The third-order valence-electron chi connectivity index (χ3n) is 4.53. The largest absolute Gasteiger partial charge is 0.339 e. The van der Waals surface area contributed by atoms with Crippen molar-refractivity contribution in [3.05, 3.63) is 60.5 Å². The number of benzene rings is 1. The number of hydrogen-bond acceptors (Lipinski definition) is 5. The van der Waals surface area contributed by atoms with E-state index < -0.39 is 0 Å². The van der Waals surface area contributed by atoms with Crippen LogP contribution in [0.25, 0.3) is 11.4 Å². The smallest absolute Gasteiger partial charge is 0.321 e. The van der Waals surface area contributed by atoms with Gasteiger partial charge in [-0.1, -0.05) is 5.16 Å². The Morgan fingerprint density at radius 2 is 1.96 bits per heavy atom. The number of likely N-dealkylation sites (tertiary alicyclic amines) is 1. The maximum Gasteiger partial charge on any atom is 0.321 e. The number of rotatable bonds is 3. The highest BCUT2D eigenvalue weighted by Gasteiger charge is 2.28. The molecule has 0 bridgehead atoms. The van der Waals surface area contributed by atoms with Crippen molar-refractivity contribution in [2.24, 2.45) is 0 Å². The summed E-state index contributed by atoms with van der Waals surface area (Å²) in [7, 11) is 0. The van der Waals surface area contributed by atoms with Crippen molar-refractivity contribution in [3.63, 3.8) is 0 Å². The number of carbonyl (C=O) groups excluding carboxylic acids is 1. The van der Waals surface area contributed by atoms with Gasteiger partial charge >= 0.3 is 6.03 Å². The van der Waals surface area contributed by atoms with E-state index in [1.807, 2.05) is 0 Å². The van der Waals surface area contributed by atoms with Gasteiger partial charge < -0.3 is 14.7 Å². The zero-order chi connectivity index (χ0) is 18.6. The van der Waals surface area contributed by atoms with Gasteiger partial charge in [0.15, 0.2) is 0 Å². The minimum Gasteiger partial charge on any atom is -0.339 e. The first-order valence-corrected chi connectivity index (χ1v) is 8.74. The van der Waals surface area contributed by atoms with Gasteiger partial charge in [0.25, 0.3) is 0 Å². The van der Waals surface area contributed by atoms with E-state index in [-0.39, 0.29) is 17.8 Å². The second-order valence-electron chi connectivity index (χ2n) is 6.41. The molecule has 7 nitrogen and oxygen atoms in total. The summed E-state index contributed by atoms with van der Waals surface area (Å²) in [4.78, 5) is 22.6. The lowest BCUT2D eigenvalue weighted by Crippen LogP contribution is -2.41. The van der Waals surface area contributed by atoms with Crippen molar-refractivity contribution < 1.29 is 13.7 Å². The summed E-state index contributed by atoms with van der Waals surface area (Å²) in [5, 5.41) is 6.86. The number of piperidine rings is 1. The van der Waals surface area contributed by atoms with Crippen molar-refractivity contribution in [2.45, 2.75) is 18.8 Å². The first-order chi connectivity index (χ1) is 13.2. The third kappa shape index (κ3) is 3.94. The maximum atomic E-state index is 13.1. The van der Waals surface area contributed by atoms with Crippen LogP contribution in [0.15, 0.2) is 53.3 Å². The Morgan fingerprint density at radius 1 is 1.19 bits per heavy atom. The van der Waals surface area contributed by atoms with Crippen molar-refractivity contribution >= 4 is 11.7 Å². The van der Waals surface area contributed by atoms with Gasteiger partial charge in [-0.05, 0) is 49.2 Å². The highest BCUT2D eigenvalue weighted by Crippen LogP contribution is 2.28. The van der Waals surface area contributed by atoms with Crippen LogP contribution in [0.2, 0.25) is 0 Å². The molecule has 2 amide bonds. The van der Waals surface area contributed by atoms with E-state index in [1.165, 1.54) is 12.1 Å². The topological polar surface area (TPSA) is 84.2 Å². The zero-order valence-corrected chi connectivity index (χ0v) is 14.5. The summed E-state index contributed by atoms with van der Waals surface area (Å²) in [6.07, 6.45) is 4.97. The molecule has 1 aromatic carbocycles. The summed E-state index contributed by atoms with van der Waals surface area (Å²) >= 11 is 0. The molecule has 27 heavy (non-hydrogen) atoms. The number of anilines is 1. The highest BCUT2D eigenvalue weighted by molar-refractivity contribution is 5.89. The van der Waals surface area contributed by atoms with E-state index in [1.54, 1.807) is 41.6 Å². The predicted octanol–water partition coefficient (Wildman–Crippen LogP) is 3.68. The minimum absolute atomic E-state index is 0.0244. The fraction of sp³-hybridized carbons (Fsp3) is 0.263. The van der Waals surface area contributed by atoms with Gasteiger partial charge in [-0.3, -0.25) is 4.98 Å². The molecule has 2 aromatic heterocycles. The van der Waals surface area contributed by atoms with Gasteiger partial charge in [-0.15, -0.1) is 0 Å². The SMILES string of the molecule is O=C(Nc1ccncc1)N1CCC[C@@H](c2nc(-c3ccc(F)cc3)no2)C1. The lowest BCUT2D eigenvalue weighted by molar-refractivity contribution is 0.184. The van der Waals surface area contributed by atoms with E-state index in [4.69, 9.17) is 4.52 Å². The molecular formula is C19H18FN5O2. The Hall–Kier alpha value is -3.29. The fourth-order valence-electron chi connectivity index (χ4n) is 3.12. The average Bonchev–Trinajstić information content (AvgIpc) is 3.20. The van der Waals surface area contributed by atoms with Crippen LogP contribution in [-0.4, -0.2) is 39.1 Å². The Kier molecular flexibility index (Phi) is 4.78. The maximum absolute atomic E-state index is 13.1. The normalized spacial score (nSPS) is 16.9. The molecule has 0 radical (unpaired) electrons. The van der Waals surface area contributed by atoms with Crippen molar-refractivity contribution in [1.82, 2.24) is 20.0 Å². The van der Waals surface area contributed by atoms with Crippen LogP contribution in [0.3, 0.4) is 0 Å². The van der Waals surface area contributed by atoms with Gasteiger partial charge in [0, 0.05) is 36.7 Å². The highest BCUT2D eigenvalue weighted by atomic mass is 19.1. The van der Waals surface area contributed by atoms with Crippen LogP contribution >= 0.6 is 0 Å². The van der Waals surface area contributed by atoms with Crippen LogP contribution < -0.4 is 5.32 Å². The molecule has 0 saturated carbocycles. The van der Waals surface area contributed by atoms with Crippen LogP contribution in [0.5, 0.6) is 0 Å². The van der Waals surface area contributed by atoms with E-state index in [0.29, 0.717) is 36.1 Å². The number of aromatic nitrogens is 3. The average molecular weight is 367 g/mol. The van der Waals surface area contributed by atoms with Gasteiger partial charge in [0.1, 0.15) is 5.82 Å². The van der Waals surface area contributed by atoms with Crippen LogP contribution in [0.4, 0.5) is 14.9 Å². The quantitative estimate of drug-likeness (QED) is 0.763. The monoisotopic (exact) mass is 367 g/mol. The number of hydrogen-bond donors (Lipinski definition) is 1. The number of urea groups is 1. The molecule has 4 rings (SSSR count). The molecule has 3 aromatic rings. The second-order valence-corrected chi connectivity index (χ2v) is 6.41. The third-order valence-corrected chi connectivity index (χ3v) is 4.53. The van der Waals surface area contributed by atoms with Gasteiger partial charge in [-0.2, -0.15) is 4.98 Å². The van der Waals surface area contributed by atoms with Crippen molar-refractivity contribution in [2.75, 3.05) is 18.4 Å². The van der Waals surface area contributed by atoms with E-state index >= 15 is 0 Å². The van der Waals surface area contributed by atoms with Crippen molar-refractivity contribution in [1.29, 1.82) is 0 Å². The van der Waals surface area contributed by atoms with Crippen LogP contribution in [-0.2, 0) is 0 Å². The van der Waals surface area contributed by atoms with Crippen molar-refractivity contribution in [3.8, 4) is 11.4 Å². The first-order valence-electron chi connectivity index (χ1n) is 8.74. The molecule has 138 valence electrons. The molecule has 1 fully saturated rings. The number of halogens is 1. The molecule has 0 spiro atoms. The lowest BCUT2D eigenvalue weighted by atomic mass is 9.98. The molecule has 1 aliphatic rings. The summed E-state index contributed by atoms with van der Waals surface area (Å²) in [5.74, 6) is 0.577. The fourth-order valence-corrected chi connectivity index (χ4v) is 3.12. The number of nitrogens with one attached hydrogen (secondary N) is 1. The number of pyridine rings is 1. The molecule has 1 saturated heterocycles. The van der Waals surface area contributed by atoms with E-state index in [2.05, 4.69) is 20.4 Å². The zero-order valence-electron chi connectivity index (χ0n) is 14.5. The second kappa shape index (κ2) is 7.53. The molecular weight excluding hydrogens is 349 g/mol. The van der Waals surface area contributed by atoms with Crippen LogP contribution in [0.1, 0.15) is 24.7 Å². The molecule has 8 heteroatoms. The lowest BCUT2D eigenvalue weighted by Gasteiger charge is -2.31. The van der Waals surface area contributed by atoms with E-state index in [9.17, 15) is 9.18 Å². The summed E-state index contributed by atoms with van der Waals surface area (Å²) in [5.41, 5.74) is 1.39. The Balaban J connectivity index is 1.44. The molecule has 0 aliphatic carbocycles. The van der Waals surface area contributed by atoms with Crippen LogP contribution in [0, 0.1) is 5.82 Å². The number of nitrogens with zero attached hydrogens (tertiary/aromatic N) is 4. The predicted molar refractivity (Wildman–Crippen MR) is 96.5 cm³/mol. The Labute approximate surface area is 155 Å². The number of amides is 2. The van der Waals surface area contributed by atoms with Gasteiger partial charge in [0.2, 0.25) is 11.7 Å². The minimum atomic E-state index is -0.314. The molecule has 1 N–H and O–H groups in total. The molecule has 1 atom stereocenters. The molecule has 3 heterocycles. The van der Waals surface area contributed by atoms with Gasteiger partial charge in [0.05, 0.1) is 5.92 Å². The van der Waals surface area contributed by atoms with Gasteiger partial charge in [-0.25, -0.2) is 9.18 Å². The standard InChI is InChI=1S/C19H18FN5O2/c20-15-5-3-13(4-6-15)17-23-18(27-24-17)14-2-1-11-25(12-14)19(26)22-16-7-9-21-10-8-16/h3-10,14H,1-2,11-12H2,(H,21,22,26)/t14-/m1/s1. The Morgan fingerprint density at radius 3 is 2.74 bits per heavy atom. The first kappa shape index (κ1) is 17.1. The molecule has 1 aliphatic heterocycles. The van der Waals surface area contributed by atoms with E-state index in [0.717, 1.165) is 12.8 Å².